The number of benzene rings is 1. The van der Waals surface area contributed by atoms with Crippen molar-refractivity contribution in [2.75, 3.05) is 5.73 Å². The van der Waals surface area contributed by atoms with Gasteiger partial charge in [-0.3, -0.25) is 14.9 Å². The van der Waals surface area contributed by atoms with Crippen molar-refractivity contribution in [1.82, 2.24) is 9.78 Å². The Labute approximate surface area is 101 Å². The molecule has 0 radical (unpaired) electrons. The highest BCUT2D eigenvalue weighted by Crippen LogP contribution is 2.20. The molecule has 18 heavy (non-hydrogen) atoms. The lowest BCUT2D eigenvalue weighted by Gasteiger charge is -2.04. The molecule has 4 N–H and O–H groups in total. The molecule has 0 aliphatic heterocycles. The number of nitro groups is 1. The molecule has 92 valence electrons. The van der Waals surface area contributed by atoms with E-state index < -0.39 is 10.8 Å². The number of anilines is 1. The van der Waals surface area contributed by atoms with Gasteiger partial charge in [-0.15, -0.1) is 0 Å². The Kier molecular flexibility index (Phi) is 2.68. The summed E-state index contributed by atoms with van der Waals surface area (Å²) in [5.74, 6) is -0.660. The second-order valence-electron chi connectivity index (χ2n) is 3.50. The third-order valence-corrected chi connectivity index (χ3v) is 2.36. The highest BCUT2D eigenvalue weighted by molar-refractivity contribution is 5.97. The average Bonchev–Trinajstić information content (AvgIpc) is 2.71. The lowest BCUT2D eigenvalue weighted by molar-refractivity contribution is -0.384. The van der Waals surface area contributed by atoms with E-state index in [1.165, 1.54) is 29.1 Å². The molecule has 8 heteroatoms. The number of aromatic nitrogens is 2. The van der Waals surface area contributed by atoms with E-state index in [2.05, 4.69) is 5.10 Å². The maximum Gasteiger partial charge on any atom is 0.271 e. The van der Waals surface area contributed by atoms with Crippen LogP contribution in [0.4, 0.5) is 11.5 Å². The summed E-state index contributed by atoms with van der Waals surface area (Å²) in [7, 11) is 0. The number of nitrogens with zero attached hydrogens (tertiary/aromatic N) is 3. The van der Waals surface area contributed by atoms with Crippen LogP contribution in [0.3, 0.4) is 0 Å². The molecule has 2 aromatic rings. The first-order valence-electron chi connectivity index (χ1n) is 4.89. The monoisotopic (exact) mass is 247 g/mol. The van der Waals surface area contributed by atoms with Crippen molar-refractivity contribution in [3.05, 3.63) is 46.1 Å². The number of nitrogen functional groups attached to an aromatic ring is 1. The molecule has 0 bridgehead atoms. The van der Waals surface area contributed by atoms with Crippen LogP contribution in [0.25, 0.3) is 5.69 Å². The molecule has 8 nitrogen and oxygen atoms in total. The van der Waals surface area contributed by atoms with Crippen molar-refractivity contribution >= 4 is 17.4 Å². The summed E-state index contributed by atoms with van der Waals surface area (Å²) in [6.45, 7) is 0. The largest absolute Gasteiger partial charge is 0.383 e. The third-order valence-electron chi connectivity index (χ3n) is 2.36. The molecule has 0 aliphatic carbocycles. The minimum atomic E-state index is -0.704. The van der Waals surface area contributed by atoms with E-state index in [1.54, 1.807) is 6.07 Å². The zero-order valence-corrected chi connectivity index (χ0v) is 9.11. The van der Waals surface area contributed by atoms with Gasteiger partial charge >= 0.3 is 0 Å². The Hall–Kier alpha value is -2.90. The molecule has 0 unspecified atom stereocenters. The van der Waals surface area contributed by atoms with Gasteiger partial charge in [0.15, 0.2) is 0 Å². The van der Waals surface area contributed by atoms with Gasteiger partial charge in [0.25, 0.3) is 11.6 Å². The number of amides is 1. The van der Waals surface area contributed by atoms with Gasteiger partial charge in [-0.1, -0.05) is 6.07 Å². The molecule has 0 aliphatic rings. The number of nitrogens with two attached hydrogens (primary N) is 2. The number of primary amides is 1. The van der Waals surface area contributed by atoms with Crippen LogP contribution in [0.1, 0.15) is 10.4 Å². The van der Waals surface area contributed by atoms with Crippen LogP contribution in [0.15, 0.2) is 30.5 Å². The third kappa shape index (κ3) is 1.86. The first kappa shape index (κ1) is 11.6. The topological polar surface area (TPSA) is 130 Å². The van der Waals surface area contributed by atoms with Crippen LogP contribution >= 0.6 is 0 Å². The molecule has 1 heterocycles. The molecule has 1 aromatic carbocycles. The van der Waals surface area contributed by atoms with E-state index in [0.29, 0.717) is 5.69 Å². The summed E-state index contributed by atoms with van der Waals surface area (Å²) >= 11 is 0. The number of hydrogen-bond donors (Lipinski definition) is 2. The summed E-state index contributed by atoms with van der Waals surface area (Å²) in [6, 6.07) is 5.73. The number of nitro benzene ring substituents is 1. The maximum absolute atomic E-state index is 11.0. The van der Waals surface area contributed by atoms with Gasteiger partial charge in [-0.2, -0.15) is 5.10 Å². The van der Waals surface area contributed by atoms with Crippen molar-refractivity contribution in [1.29, 1.82) is 0 Å². The van der Waals surface area contributed by atoms with Crippen LogP contribution in [0, 0.1) is 10.1 Å². The number of carbonyl (C=O) groups excluding carboxylic acids is 1. The van der Waals surface area contributed by atoms with Crippen molar-refractivity contribution in [2.24, 2.45) is 5.73 Å². The van der Waals surface area contributed by atoms with Gasteiger partial charge in [0.2, 0.25) is 0 Å². The van der Waals surface area contributed by atoms with E-state index in [4.69, 9.17) is 11.5 Å². The predicted molar refractivity (Wildman–Crippen MR) is 63.1 cm³/mol. The summed E-state index contributed by atoms with van der Waals surface area (Å²) in [5.41, 5.74) is 11.2. The van der Waals surface area contributed by atoms with E-state index >= 15 is 0 Å². The molecule has 2 rings (SSSR count). The first-order chi connectivity index (χ1) is 8.50. The number of hydrogen-bond acceptors (Lipinski definition) is 5. The highest BCUT2D eigenvalue weighted by Gasteiger charge is 2.15. The molecule has 0 saturated carbocycles. The van der Waals surface area contributed by atoms with Crippen molar-refractivity contribution < 1.29 is 9.72 Å². The first-order valence-corrected chi connectivity index (χ1v) is 4.89. The minimum Gasteiger partial charge on any atom is -0.383 e. The van der Waals surface area contributed by atoms with Crippen LogP contribution in [-0.4, -0.2) is 20.6 Å². The molecule has 0 spiro atoms. The fraction of sp³-hybridized carbons (Fsp3) is 0. The minimum absolute atomic E-state index is 0.0444. The van der Waals surface area contributed by atoms with Crippen molar-refractivity contribution in [3.8, 4) is 5.69 Å². The normalized spacial score (nSPS) is 10.2. The van der Waals surface area contributed by atoms with E-state index in [0.717, 1.165) is 0 Å². The SMILES string of the molecule is NC(=O)c1cnn(-c2cccc([N+](=O)[O-])c2)c1N. The molecule has 1 aromatic heterocycles. The smallest absolute Gasteiger partial charge is 0.271 e. The summed E-state index contributed by atoms with van der Waals surface area (Å²) < 4.78 is 1.22. The van der Waals surface area contributed by atoms with Crippen LogP contribution in [-0.2, 0) is 0 Å². The van der Waals surface area contributed by atoms with Crippen LogP contribution < -0.4 is 11.5 Å². The lowest BCUT2D eigenvalue weighted by atomic mass is 10.2. The van der Waals surface area contributed by atoms with Gasteiger partial charge in [0.1, 0.15) is 11.4 Å². The van der Waals surface area contributed by atoms with Gasteiger partial charge in [0.05, 0.1) is 16.8 Å². The van der Waals surface area contributed by atoms with Crippen LogP contribution in [0.5, 0.6) is 0 Å². The van der Waals surface area contributed by atoms with E-state index in [9.17, 15) is 14.9 Å². The van der Waals surface area contributed by atoms with Gasteiger partial charge in [-0.05, 0) is 6.07 Å². The number of non-ortho nitro benzene ring substituents is 1. The zero-order valence-electron chi connectivity index (χ0n) is 9.11. The Morgan fingerprint density at radius 1 is 1.44 bits per heavy atom. The van der Waals surface area contributed by atoms with E-state index in [-0.39, 0.29) is 17.1 Å². The fourth-order valence-electron chi connectivity index (χ4n) is 1.49. The predicted octanol–water partition coefficient (Wildman–Crippen LogP) is 0.462. The van der Waals surface area contributed by atoms with Gasteiger partial charge in [-0.25, -0.2) is 4.68 Å². The van der Waals surface area contributed by atoms with E-state index in [1.807, 2.05) is 0 Å². The molecule has 0 fully saturated rings. The lowest BCUT2D eigenvalue weighted by Crippen LogP contribution is -2.13. The van der Waals surface area contributed by atoms with Gasteiger partial charge in [0, 0.05) is 12.1 Å². The molecule has 1 amide bonds. The summed E-state index contributed by atoms with van der Waals surface area (Å²) in [4.78, 5) is 21.1. The molecule has 0 atom stereocenters. The van der Waals surface area contributed by atoms with Gasteiger partial charge < -0.3 is 11.5 Å². The Morgan fingerprint density at radius 3 is 2.72 bits per heavy atom. The maximum atomic E-state index is 11.0. The molecule has 0 saturated heterocycles. The van der Waals surface area contributed by atoms with Crippen molar-refractivity contribution in [3.63, 3.8) is 0 Å². The number of carbonyl (C=O) groups is 1. The van der Waals surface area contributed by atoms with Crippen LogP contribution in [0.2, 0.25) is 0 Å². The zero-order chi connectivity index (χ0) is 13.3. The highest BCUT2D eigenvalue weighted by atomic mass is 16.6. The van der Waals surface area contributed by atoms with Crippen molar-refractivity contribution in [2.45, 2.75) is 0 Å². The fourth-order valence-corrected chi connectivity index (χ4v) is 1.49. The average molecular weight is 247 g/mol. The summed E-state index contributed by atoms with van der Waals surface area (Å²) in [5, 5.41) is 14.5. The quantitative estimate of drug-likeness (QED) is 0.601. The Bertz CT molecular complexity index is 634. The second kappa shape index (κ2) is 4.17. The second-order valence-corrected chi connectivity index (χ2v) is 3.50. The Morgan fingerprint density at radius 2 is 2.17 bits per heavy atom. The number of rotatable bonds is 3. The molecular formula is C10H9N5O3. The summed E-state index contributed by atoms with van der Waals surface area (Å²) in [6.07, 6.45) is 1.22. The Balaban J connectivity index is 2.52. The molecular weight excluding hydrogens is 238 g/mol. The standard InChI is InChI=1S/C10H9N5O3/c11-9-8(10(12)16)5-13-14(9)6-2-1-3-7(4-6)15(17)18/h1-5H,11H2,(H2,12,16).